The van der Waals surface area contributed by atoms with Gasteiger partial charge in [-0.05, 0) is 43.6 Å². The molecule has 0 bridgehead atoms. The quantitative estimate of drug-likeness (QED) is 0.760. The van der Waals surface area contributed by atoms with Crippen molar-refractivity contribution in [2.75, 3.05) is 26.7 Å². The minimum Gasteiger partial charge on any atom is -0.497 e. The average Bonchev–Trinajstić information content (AvgIpc) is 2.85. The lowest BCUT2D eigenvalue weighted by Crippen LogP contribution is -2.26. The lowest BCUT2D eigenvalue weighted by molar-refractivity contribution is 0.293. The Labute approximate surface area is 115 Å². The van der Waals surface area contributed by atoms with Crippen molar-refractivity contribution in [1.82, 2.24) is 9.30 Å². The normalized spacial score (nSPS) is 11.4. The Hall–Kier alpha value is -1.48. The molecule has 0 fully saturated rings. The monoisotopic (exact) mass is 260 g/mol. The molecule has 2 aromatic rings. The summed E-state index contributed by atoms with van der Waals surface area (Å²) in [5, 5.41) is 0. The fourth-order valence-corrected chi connectivity index (χ4v) is 2.50. The highest BCUT2D eigenvalue weighted by Gasteiger charge is 2.06. The van der Waals surface area contributed by atoms with Crippen molar-refractivity contribution < 1.29 is 4.74 Å². The third kappa shape index (κ3) is 3.29. The first-order valence-electron chi connectivity index (χ1n) is 7.14. The molecular formula is C16H24N2O. The molecule has 104 valence electrons. The van der Waals surface area contributed by atoms with Crippen molar-refractivity contribution in [2.45, 2.75) is 26.7 Å². The summed E-state index contributed by atoms with van der Waals surface area (Å²) in [4.78, 5) is 2.50. The Morgan fingerprint density at radius 3 is 2.63 bits per heavy atom. The molecule has 0 spiro atoms. The van der Waals surface area contributed by atoms with Crippen LogP contribution in [0.4, 0.5) is 0 Å². The highest BCUT2D eigenvalue weighted by atomic mass is 16.5. The minimum atomic E-state index is 0.924. The molecule has 0 aromatic carbocycles. The second-order valence-corrected chi connectivity index (χ2v) is 4.88. The van der Waals surface area contributed by atoms with E-state index in [1.165, 1.54) is 24.0 Å². The second-order valence-electron chi connectivity index (χ2n) is 4.88. The number of fused-ring (bicyclic) bond motifs is 1. The van der Waals surface area contributed by atoms with Crippen LogP contribution in [0, 0.1) is 0 Å². The van der Waals surface area contributed by atoms with Crippen molar-refractivity contribution >= 4 is 5.52 Å². The van der Waals surface area contributed by atoms with E-state index in [-0.39, 0.29) is 0 Å². The maximum atomic E-state index is 5.31. The molecule has 0 saturated heterocycles. The maximum Gasteiger partial charge on any atom is 0.122 e. The Balaban J connectivity index is 2.11. The van der Waals surface area contributed by atoms with Crippen LogP contribution in [0.25, 0.3) is 5.52 Å². The van der Waals surface area contributed by atoms with Crippen molar-refractivity contribution in [3.8, 4) is 5.75 Å². The molecule has 19 heavy (non-hydrogen) atoms. The van der Waals surface area contributed by atoms with Gasteiger partial charge in [0.25, 0.3) is 0 Å². The number of likely N-dealkylation sites (N-methyl/N-ethyl adjacent to an activating group) is 1. The van der Waals surface area contributed by atoms with Gasteiger partial charge in [0.2, 0.25) is 0 Å². The van der Waals surface area contributed by atoms with Gasteiger partial charge in [-0.25, -0.2) is 0 Å². The molecular weight excluding hydrogens is 236 g/mol. The molecule has 0 saturated carbocycles. The summed E-state index contributed by atoms with van der Waals surface area (Å²) in [6.45, 7) is 7.91. The van der Waals surface area contributed by atoms with Crippen LogP contribution in [0.1, 0.15) is 25.8 Å². The molecule has 0 amide bonds. The lowest BCUT2D eigenvalue weighted by Gasteiger charge is -2.19. The fourth-order valence-electron chi connectivity index (χ4n) is 2.50. The summed E-state index contributed by atoms with van der Waals surface area (Å²) in [6, 6.07) is 6.33. The van der Waals surface area contributed by atoms with Crippen LogP contribution in [0.3, 0.4) is 0 Å². The zero-order valence-corrected chi connectivity index (χ0v) is 12.2. The average molecular weight is 260 g/mol. The van der Waals surface area contributed by atoms with Crippen molar-refractivity contribution in [1.29, 1.82) is 0 Å². The standard InChI is InChI=1S/C16H24N2O/c1-4-9-17(5-2)10-6-14-7-11-18-12-8-15(19-3)13-16(14)18/h7-8,11-13H,4-6,9-10H2,1-3H3. The number of pyridine rings is 1. The molecule has 0 N–H and O–H groups in total. The fraction of sp³-hybridized carbons (Fsp3) is 0.500. The molecule has 0 aliphatic carbocycles. The highest BCUT2D eigenvalue weighted by molar-refractivity contribution is 5.58. The van der Waals surface area contributed by atoms with Crippen LogP contribution < -0.4 is 4.74 Å². The van der Waals surface area contributed by atoms with E-state index in [2.05, 4.69) is 47.7 Å². The summed E-state index contributed by atoms with van der Waals surface area (Å²) >= 11 is 0. The van der Waals surface area contributed by atoms with Crippen LogP contribution >= 0.6 is 0 Å². The van der Waals surface area contributed by atoms with Gasteiger partial charge in [0.05, 0.1) is 12.6 Å². The number of hydrogen-bond acceptors (Lipinski definition) is 2. The minimum absolute atomic E-state index is 0.924. The SMILES string of the molecule is CCCN(CC)CCc1ccn2ccc(OC)cc12. The summed E-state index contributed by atoms with van der Waals surface area (Å²) in [5.41, 5.74) is 2.65. The molecule has 2 heterocycles. The highest BCUT2D eigenvalue weighted by Crippen LogP contribution is 2.19. The summed E-state index contributed by atoms with van der Waals surface area (Å²) in [5.74, 6) is 0.924. The van der Waals surface area contributed by atoms with Crippen LogP contribution in [0.15, 0.2) is 30.6 Å². The van der Waals surface area contributed by atoms with Crippen molar-refractivity contribution in [3.63, 3.8) is 0 Å². The summed E-state index contributed by atoms with van der Waals surface area (Å²) < 4.78 is 7.47. The van der Waals surface area contributed by atoms with Crippen molar-refractivity contribution in [3.05, 3.63) is 36.2 Å². The van der Waals surface area contributed by atoms with Crippen LogP contribution in [0.2, 0.25) is 0 Å². The van der Waals surface area contributed by atoms with Gasteiger partial charge < -0.3 is 14.0 Å². The van der Waals surface area contributed by atoms with Crippen LogP contribution in [-0.4, -0.2) is 36.0 Å². The van der Waals surface area contributed by atoms with Gasteiger partial charge in [-0.15, -0.1) is 0 Å². The lowest BCUT2D eigenvalue weighted by atomic mass is 10.2. The second kappa shape index (κ2) is 6.62. The first-order chi connectivity index (χ1) is 9.28. The first-order valence-corrected chi connectivity index (χ1v) is 7.14. The van der Waals surface area contributed by atoms with E-state index in [0.29, 0.717) is 0 Å². The molecule has 0 unspecified atom stereocenters. The number of nitrogens with zero attached hydrogens (tertiary/aromatic N) is 2. The summed E-state index contributed by atoms with van der Waals surface area (Å²) in [7, 11) is 1.72. The van der Waals surface area contributed by atoms with Gasteiger partial charge in [0, 0.05) is 25.0 Å². The van der Waals surface area contributed by atoms with Gasteiger partial charge in [0.1, 0.15) is 5.75 Å². The third-order valence-corrected chi connectivity index (χ3v) is 3.64. The van der Waals surface area contributed by atoms with E-state index >= 15 is 0 Å². The topological polar surface area (TPSA) is 16.9 Å². The van der Waals surface area contributed by atoms with Gasteiger partial charge in [-0.3, -0.25) is 0 Å². The predicted molar refractivity (Wildman–Crippen MR) is 80.1 cm³/mol. The van der Waals surface area contributed by atoms with E-state index in [4.69, 9.17) is 4.74 Å². The van der Waals surface area contributed by atoms with Gasteiger partial charge >= 0.3 is 0 Å². The predicted octanol–water partition coefficient (Wildman–Crippen LogP) is 3.22. The Kier molecular flexibility index (Phi) is 4.86. The first kappa shape index (κ1) is 13.9. The van der Waals surface area contributed by atoms with E-state index in [0.717, 1.165) is 25.3 Å². The molecule has 3 heteroatoms. The maximum absolute atomic E-state index is 5.31. The number of aromatic nitrogens is 1. The van der Waals surface area contributed by atoms with E-state index in [1.807, 2.05) is 6.07 Å². The van der Waals surface area contributed by atoms with Crippen LogP contribution in [-0.2, 0) is 6.42 Å². The molecule has 0 atom stereocenters. The molecule has 0 aliphatic heterocycles. The molecule has 2 rings (SSSR count). The molecule has 2 aromatic heterocycles. The van der Waals surface area contributed by atoms with Gasteiger partial charge in [-0.2, -0.15) is 0 Å². The Morgan fingerprint density at radius 2 is 1.95 bits per heavy atom. The van der Waals surface area contributed by atoms with Crippen molar-refractivity contribution in [2.24, 2.45) is 0 Å². The number of rotatable bonds is 7. The van der Waals surface area contributed by atoms with Gasteiger partial charge in [0.15, 0.2) is 0 Å². The smallest absolute Gasteiger partial charge is 0.122 e. The number of ether oxygens (including phenoxy) is 1. The summed E-state index contributed by atoms with van der Waals surface area (Å²) in [6.07, 6.45) is 6.50. The van der Waals surface area contributed by atoms with Crippen LogP contribution in [0.5, 0.6) is 5.75 Å². The van der Waals surface area contributed by atoms with E-state index in [1.54, 1.807) is 7.11 Å². The molecule has 0 radical (unpaired) electrons. The third-order valence-electron chi connectivity index (χ3n) is 3.64. The number of hydrogen-bond donors (Lipinski definition) is 0. The molecule has 3 nitrogen and oxygen atoms in total. The zero-order chi connectivity index (χ0) is 13.7. The largest absolute Gasteiger partial charge is 0.497 e. The zero-order valence-electron chi connectivity index (χ0n) is 12.2. The van der Waals surface area contributed by atoms with Gasteiger partial charge in [-0.1, -0.05) is 13.8 Å². The Morgan fingerprint density at radius 1 is 1.16 bits per heavy atom. The molecule has 0 aliphatic rings. The Bertz CT molecular complexity index is 518. The van der Waals surface area contributed by atoms with E-state index in [9.17, 15) is 0 Å². The van der Waals surface area contributed by atoms with E-state index < -0.39 is 0 Å². The number of methoxy groups -OCH3 is 1.